The van der Waals surface area contributed by atoms with Gasteiger partial charge in [0.1, 0.15) is 24.5 Å². The van der Waals surface area contributed by atoms with Crippen molar-refractivity contribution in [2.75, 3.05) is 50.1 Å². The lowest BCUT2D eigenvalue weighted by molar-refractivity contribution is -0.117. The van der Waals surface area contributed by atoms with Crippen molar-refractivity contribution in [2.45, 2.75) is 32.9 Å². The van der Waals surface area contributed by atoms with Gasteiger partial charge in [-0.3, -0.25) is 9.69 Å². The molecule has 3 aromatic rings. The normalized spacial score (nSPS) is 18.8. The molecule has 2 N–H and O–H groups in total. The van der Waals surface area contributed by atoms with Crippen LogP contribution in [-0.4, -0.2) is 72.7 Å². The van der Waals surface area contributed by atoms with Crippen molar-refractivity contribution < 1.29 is 9.53 Å². The summed E-state index contributed by atoms with van der Waals surface area (Å²) in [4.78, 5) is 26.5. The number of carbonyl (C=O) groups is 1. The van der Waals surface area contributed by atoms with E-state index in [1.54, 1.807) is 6.33 Å². The molecule has 2 heterocycles. The van der Waals surface area contributed by atoms with Gasteiger partial charge in [0, 0.05) is 48.9 Å². The van der Waals surface area contributed by atoms with Crippen LogP contribution in [0.4, 0.5) is 11.5 Å². The van der Waals surface area contributed by atoms with Crippen LogP contribution < -0.4 is 20.3 Å². The van der Waals surface area contributed by atoms with E-state index >= 15 is 0 Å². The highest BCUT2D eigenvalue weighted by atomic mass is 16.5. The number of hydrogen-bond donors (Lipinski definition) is 2. The summed E-state index contributed by atoms with van der Waals surface area (Å²) in [7, 11) is 1.89. The first-order valence-corrected chi connectivity index (χ1v) is 11.8. The van der Waals surface area contributed by atoms with Gasteiger partial charge in [0.2, 0.25) is 5.91 Å². The lowest BCUT2D eigenvalue weighted by Crippen LogP contribution is -2.58. The van der Waals surface area contributed by atoms with Crippen molar-refractivity contribution in [3.05, 3.63) is 54.4 Å². The first-order valence-electron chi connectivity index (χ1n) is 11.8. The van der Waals surface area contributed by atoms with Gasteiger partial charge < -0.3 is 20.3 Å². The monoisotopic (exact) mass is 462 g/mol. The molecule has 34 heavy (non-hydrogen) atoms. The molecule has 1 amide bonds. The fraction of sp³-hybridized carbons (Fsp3) is 0.423. The Hall–Kier alpha value is -3.23. The smallest absolute Gasteiger partial charge is 0.238 e. The number of benzene rings is 2. The van der Waals surface area contributed by atoms with Crippen molar-refractivity contribution >= 4 is 28.3 Å². The first-order chi connectivity index (χ1) is 16.5. The van der Waals surface area contributed by atoms with E-state index in [1.165, 1.54) is 0 Å². The molecule has 4 rings (SSSR count). The topological polar surface area (TPSA) is 82.6 Å². The van der Waals surface area contributed by atoms with Gasteiger partial charge in [0.15, 0.2) is 0 Å². The number of likely N-dealkylation sites (N-methyl/N-ethyl adjacent to an activating group) is 1. The zero-order valence-electron chi connectivity index (χ0n) is 20.4. The second-order valence-corrected chi connectivity index (χ2v) is 8.99. The zero-order valence-corrected chi connectivity index (χ0v) is 20.4. The third-order valence-corrected chi connectivity index (χ3v) is 6.23. The first kappa shape index (κ1) is 23.9. The van der Waals surface area contributed by atoms with Crippen molar-refractivity contribution in [3.63, 3.8) is 0 Å². The van der Waals surface area contributed by atoms with E-state index in [0.29, 0.717) is 13.2 Å². The molecule has 1 aliphatic rings. The van der Waals surface area contributed by atoms with Gasteiger partial charge in [-0.2, -0.15) is 0 Å². The standard InChI is InChI=1S/C26H34N6O2/c1-18-9-10-21(34-12-11-27-4)13-24(18)30-25(33)16-31-14-19(2)32(20(3)15-31)26-22-7-5-6-8-23(22)28-17-29-26/h5-10,13,17,19-20,27H,11-12,14-16H2,1-4H3,(H,30,33)/t19-,20+. The molecule has 1 fully saturated rings. The number of piperazine rings is 1. The number of para-hydroxylation sites is 1. The fourth-order valence-corrected chi connectivity index (χ4v) is 4.66. The molecule has 2 atom stereocenters. The SMILES string of the molecule is CNCCOc1ccc(C)c(NC(=O)CN2C[C@@H](C)N(c3ncnc4ccccc34)[C@@H](C)C2)c1. The minimum atomic E-state index is -0.0178. The number of carbonyl (C=O) groups excluding carboxylic acids is 1. The predicted octanol–water partition coefficient (Wildman–Crippen LogP) is 3.07. The van der Waals surface area contributed by atoms with Crippen LogP contribution in [0.25, 0.3) is 10.9 Å². The van der Waals surface area contributed by atoms with Crippen LogP contribution in [0.5, 0.6) is 5.75 Å². The van der Waals surface area contributed by atoms with Crippen LogP contribution >= 0.6 is 0 Å². The quantitative estimate of drug-likeness (QED) is 0.498. The van der Waals surface area contributed by atoms with Crippen LogP contribution in [-0.2, 0) is 4.79 Å². The highest BCUT2D eigenvalue weighted by Gasteiger charge is 2.32. The molecule has 0 unspecified atom stereocenters. The van der Waals surface area contributed by atoms with Gasteiger partial charge in [0.05, 0.1) is 12.1 Å². The van der Waals surface area contributed by atoms with Gasteiger partial charge in [-0.1, -0.05) is 18.2 Å². The number of amides is 1. The highest BCUT2D eigenvalue weighted by Crippen LogP contribution is 2.29. The second-order valence-electron chi connectivity index (χ2n) is 8.99. The Morgan fingerprint density at radius 2 is 1.88 bits per heavy atom. The number of fused-ring (bicyclic) bond motifs is 1. The Labute approximate surface area is 201 Å². The lowest BCUT2D eigenvalue weighted by Gasteiger charge is -2.45. The van der Waals surface area contributed by atoms with Crippen molar-refractivity contribution in [1.29, 1.82) is 0 Å². The average molecular weight is 463 g/mol. The van der Waals surface area contributed by atoms with E-state index in [9.17, 15) is 4.79 Å². The maximum Gasteiger partial charge on any atom is 0.238 e. The lowest BCUT2D eigenvalue weighted by atomic mass is 10.1. The molecule has 0 aliphatic carbocycles. The van der Waals surface area contributed by atoms with Crippen LogP contribution in [0.2, 0.25) is 0 Å². The van der Waals surface area contributed by atoms with Gasteiger partial charge >= 0.3 is 0 Å². The van der Waals surface area contributed by atoms with Crippen molar-refractivity contribution in [1.82, 2.24) is 20.2 Å². The molecule has 0 saturated carbocycles. The molecule has 1 aliphatic heterocycles. The summed E-state index contributed by atoms with van der Waals surface area (Å²) >= 11 is 0. The van der Waals surface area contributed by atoms with E-state index in [-0.39, 0.29) is 18.0 Å². The van der Waals surface area contributed by atoms with E-state index in [4.69, 9.17) is 4.74 Å². The van der Waals surface area contributed by atoms with E-state index in [1.807, 2.05) is 50.4 Å². The molecule has 8 heteroatoms. The number of ether oxygens (including phenoxy) is 1. The molecule has 1 aromatic heterocycles. The fourth-order valence-electron chi connectivity index (χ4n) is 4.66. The highest BCUT2D eigenvalue weighted by molar-refractivity contribution is 5.93. The number of aryl methyl sites for hydroxylation is 1. The average Bonchev–Trinajstić information content (AvgIpc) is 2.81. The number of anilines is 2. The Kier molecular flexibility index (Phi) is 7.59. The summed E-state index contributed by atoms with van der Waals surface area (Å²) in [5.41, 5.74) is 2.75. The number of hydrogen-bond acceptors (Lipinski definition) is 7. The van der Waals surface area contributed by atoms with E-state index in [0.717, 1.165) is 53.4 Å². The predicted molar refractivity (Wildman–Crippen MR) is 137 cm³/mol. The maximum absolute atomic E-state index is 12.9. The Morgan fingerprint density at radius 1 is 1.12 bits per heavy atom. The molecular formula is C26H34N6O2. The zero-order chi connectivity index (χ0) is 24.1. The summed E-state index contributed by atoms with van der Waals surface area (Å²) < 4.78 is 5.75. The summed E-state index contributed by atoms with van der Waals surface area (Å²) in [5, 5.41) is 7.19. The maximum atomic E-state index is 12.9. The third-order valence-electron chi connectivity index (χ3n) is 6.23. The van der Waals surface area contributed by atoms with Crippen LogP contribution in [0.1, 0.15) is 19.4 Å². The molecular weight excluding hydrogens is 428 g/mol. The van der Waals surface area contributed by atoms with Crippen LogP contribution in [0.15, 0.2) is 48.8 Å². The second kappa shape index (κ2) is 10.8. The summed E-state index contributed by atoms with van der Waals surface area (Å²) in [6, 6.07) is 14.3. The van der Waals surface area contributed by atoms with Gasteiger partial charge in [-0.05, 0) is 51.6 Å². The number of nitrogens with zero attached hydrogens (tertiary/aromatic N) is 4. The van der Waals surface area contributed by atoms with Gasteiger partial charge in [0.25, 0.3) is 0 Å². The largest absolute Gasteiger partial charge is 0.492 e. The Balaban J connectivity index is 1.40. The van der Waals surface area contributed by atoms with E-state index < -0.39 is 0 Å². The van der Waals surface area contributed by atoms with Gasteiger partial charge in [-0.25, -0.2) is 9.97 Å². The van der Waals surface area contributed by atoms with Crippen LogP contribution in [0, 0.1) is 6.92 Å². The molecule has 1 saturated heterocycles. The molecule has 8 nitrogen and oxygen atoms in total. The number of aromatic nitrogens is 2. The Bertz CT molecular complexity index is 1120. The minimum absolute atomic E-state index is 0.0178. The number of nitrogens with one attached hydrogen (secondary N) is 2. The summed E-state index contributed by atoms with van der Waals surface area (Å²) in [5.74, 6) is 1.69. The molecule has 0 radical (unpaired) electrons. The molecule has 0 bridgehead atoms. The van der Waals surface area contributed by atoms with E-state index in [2.05, 4.69) is 50.3 Å². The molecule has 180 valence electrons. The third kappa shape index (κ3) is 5.46. The molecule has 2 aromatic carbocycles. The summed E-state index contributed by atoms with van der Waals surface area (Å²) in [6.45, 7) is 9.61. The number of rotatable bonds is 8. The van der Waals surface area contributed by atoms with Crippen LogP contribution in [0.3, 0.4) is 0 Å². The van der Waals surface area contributed by atoms with Crippen molar-refractivity contribution in [2.24, 2.45) is 0 Å². The molecule has 0 spiro atoms. The van der Waals surface area contributed by atoms with Crippen molar-refractivity contribution in [3.8, 4) is 5.75 Å². The van der Waals surface area contributed by atoms with Gasteiger partial charge in [-0.15, -0.1) is 0 Å². The Morgan fingerprint density at radius 3 is 2.65 bits per heavy atom. The summed E-state index contributed by atoms with van der Waals surface area (Å²) in [6.07, 6.45) is 1.63. The minimum Gasteiger partial charge on any atom is -0.492 e.